The number of thiophene rings is 1. The number of rotatable bonds is 7. The molecule has 0 aliphatic heterocycles. The second kappa shape index (κ2) is 10.9. The molecule has 0 radical (unpaired) electrons. The van der Waals surface area contributed by atoms with Gasteiger partial charge < -0.3 is 16.0 Å². The molecular formula is C29H34FN5O2S. The van der Waals surface area contributed by atoms with Crippen LogP contribution in [0, 0.1) is 5.92 Å². The molecule has 3 aromatic rings. The number of nitrogens with one attached hydrogen (secondary N) is 1. The van der Waals surface area contributed by atoms with Crippen molar-refractivity contribution in [3.05, 3.63) is 52.7 Å². The van der Waals surface area contributed by atoms with Gasteiger partial charge in [0.25, 0.3) is 0 Å². The Balaban J connectivity index is 1.28. The molecule has 5 rings (SSSR count). The molecule has 200 valence electrons. The van der Waals surface area contributed by atoms with Crippen molar-refractivity contribution in [2.75, 3.05) is 12.4 Å². The minimum Gasteiger partial charge on any atom is -0.343 e. The molecule has 7 nitrogen and oxygen atoms in total. The fourth-order valence-corrected chi connectivity index (χ4v) is 6.34. The summed E-state index contributed by atoms with van der Waals surface area (Å²) in [5, 5.41) is 15.8. The molecule has 2 aliphatic carbocycles. The number of hydrogen-bond acceptors (Lipinski definition) is 6. The number of amides is 2. The first kappa shape index (κ1) is 26.4. The fraction of sp³-hybridized carbons (Fsp3) is 0.448. The third-order valence-electron chi connectivity index (χ3n) is 8.13. The third kappa shape index (κ3) is 5.63. The van der Waals surface area contributed by atoms with E-state index < -0.39 is 11.7 Å². The number of carbonyl (C=O) groups excluding carboxylic acids is 2. The van der Waals surface area contributed by atoms with Crippen molar-refractivity contribution in [1.29, 1.82) is 0 Å². The van der Waals surface area contributed by atoms with E-state index in [-0.39, 0.29) is 17.9 Å². The van der Waals surface area contributed by atoms with E-state index in [1.165, 1.54) is 0 Å². The molecule has 9 heteroatoms. The lowest BCUT2D eigenvalue weighted by molar-refractivity contribution is -0.130. The Kier molecular flexibility index (Phi) is 7.59. The van der Waals surface area contributed by atoms with Crippen LogP contribution < -0.4 is 11.1 Å². The second-order valence-electron chi connectivity index (χ2n) is 10.8. The molecule has 2 aliphatic rings. The Bertz CT molecular complexity index is 1280. The third-order valence-corrected chi connectivity index (χ3v) is 8.82. The minimum atomic E-state index is -0.832. The molecule has 2 amide bonds. The number of benzene rings is 1. The van der Waals surface area contributed by atoms with Gasteiger partial charge in [-0.15, -0.1) is 10.2 Å². The average Bonchev–Trinajstić information content (AvgIpc) is 3.43. The molecule has 0 spiro atoms. The second-order valence-corrected chi connectivity index (χ2v) is 11.6. The molecular weight excluding hydrogens is 501 g/mol. The smallest absolute Gasteiger partial charge is 0.225 e. The Labute approximate surface area is 226 Å². The van der Waals surface area contributed by atoms with Gasteiger partial charge in [-0.2, -0.15) is 11.3 Å². The quantitative estimate of drug-likeness (QED) is 0.415. The molecule has 2 heterocycles. The van der Waals surface area contributed by atoms with Crippen LogP contribution in [0.15, 0.2) is 47.2 Å². The van der Waals surface area contributed by atoms with Crippen LogP contribution >= 0.6 is 11.3 Å². The number of alkyl halides is 1. The summed E-state index contributed by atoms with van der Waals surface area (Å²) in [4.78, 5) is 26.3. The summed E-state index contributed by atoms with van der Waals surface area (Å²) in [7, 11) is 1.85. The van der Waals surface area contributed by atoms with E-state index >= 15 is 0 Å². The molecule has 2 saturated carbocycles. The maximum Gasteiger partial charge on any atom is 0.225 e. The van der Waals surface area contributed by atoms with Gasteiger partial charge in [0.05, 0.1) is 0 Å². The van der Waals surface area contributed by atoms with Crippen molar-refractivity contribution in [2.24, 2.45) is 11.7 Å². The first-order chi connectivity index (χ1) is 18.2. The van der Waals surface area contributed by atoms with Gasteiger partial charge in [0, 0.05) is 55.9 Å². The highest BCUT2D eigenvalue weighted by Gasteiger charge is 2.42. The molecule has 0 unspecified atom stereocenters. The fourth-order valence-electron chi connectivity index (χ4n) is 5.68. The lowest BCUT2D eigenvalue weighted by atomic mass is 9.71. The number of nitrogens with zero attached hydrogens (tertiary/aromatic N) is 3. The van der Waals surface area contributed by atoms with Crippen molar-refractivity contribution < 1.29 is 14.0 Å². The van der Waals surface area contributed by atoms with Crippen LogP contribution in [-0.4, -0.2) is 46.2 Å². The SMILES string of the molecule is CC(=O)N(C)C1CCC(CC(=O)Nc2cc(-c3ccsc3)c(-c3ccc([C@]4(N)C[C@H](F)C4)cc3)nn2)CC1. The zero-order valence-corrected chi connectivity index (χ0v) is 22.6. The summed E-state index contributed by atoms with van der Waals surface area (Å²) < 4.78 is 13.4. The van der Waals surface area contributed by atoms with E-state index in [1.54, 1.807) is 18.3 Å². The highest BCUT2D eigenvalue weighted by atomic mass is 32.1. The lowest BCUT2D eigenvalue weighted by Crippen LogP contribution is -2.50. The summed E-state index contributed by atoms with van der Waals surface area (Å²) in [6.45, 7) is 1.59. The van der Waals surface area contributed by atoms with Gasteiger partial charge in [0.2, 0.25) is 11.8 Å². The van der Waals surface area contributed by atoms with E-state index in [0.717, 1.165) is 47.9 Å². The monoisotopic (exact) mass is 535 g/mol. The normalized spacial score (nSPS) is 24.9. The summed E-state index contributed by atoms with van der Waals surface area (Å²) >= 11 is 1.59. The topological polar surface area (TPSA) is 101 Å². The van der Waals surface area contributed by atoms with E-state index in [1.807, 2.05) is 59.1 Å². The van der Waals surface area contributed by atoms with Crippen LogP contribution in [0.2, 0.25) is 0 Å². The zero-order chi connectivity index (χ0) is 26.9. The molecule has 0 atom stereocenters. The van der Waals surface area contributed by atoms with Gasteiger partial charge in [-0.3, -0.25) is 9.59 Å². The van der Waals surface area contributed by atoms with Crippen molar-refractivity contribution >= 4 is 29.0 Å². The predicted molar refractivity (Wildman–Crippen MR) is 148 cm³/mol. The van der Waals surface area contributed by atoms with Crippen molar-refractivity contribution in [3.63, 3.8) is 0 Å². The Morgan fingerprint density at radius 2 is 1.82 bits per heavy atom. The highest BCUT2D eigenvalue weighted by molar-refractivity contribution is 7.08. The number of nitrogens with two attached hydrogens (primary N) is 1. The first-order valence-electron chi connectivity index (χ1n) is 13.2. The van der Waals surface area contributed by atoms with Gasteiger partial charge in [-0.1, -0.05) is 24.3 Å². The zero-order valence-electron chi connectivity index (χ0n) is 21.8. The van der Waals surface area contributed by atoms with Crippen LogP contribution in [0.25, 0.3) is 22.4 Å². The summed E-state index contributed by atoms with van der Waals surface area (Å²) in [6.07, 6.45) is 3.97. The predicted octanol–water partition coefficient (Wildman–Crippen LogP) is 5.52. The molecule has 2 fully saturated rings. The van der Waals surface area contributed by atoms with Gasteiger partial charge in [-0.25, -0.2) is 4.39 Å². The number of carbonyl (C=O) groups is 2. The van der Waals surface area contributed by atoms with Crippen LogP contribution in [0.3, 0.4) is 0 Å². The molecule has 3 N–H and O–H groups in total. The standard InChI is InChI=1S/C29H34FN5O2S/c1-18(36)35(2)24-9-3-19(4-10-24)13-27(37)32-26-14-25(21-11-12-38-17-21)28(34-33-26)20-5-7-22(8-6-20)29(31)15-23(30)16-29/h5-8,11-12,14,17,19,23-24H,3-4,9-10,13,15-16,31H2,1-2H3,(H,32,33,37)/t19?,23-,24?,29-. The minimum absolute atomic E-state index is 0.0732. The largest absolute Gasteiger partial charge is 0.343 e. The number of halogens is 1. The van der Waals surface area contributed by atoms with E-state index in [4.69, 9.17) is 5.73 Å². The molecule has 0 saturated heterocycles. The van der Waals surface area contributed by atoms with Crippen LogP contribution in [0.1, 0.15) is 57.4 Å². The maximum atomic E-state index is 13.4. The Hall–Kier alpha value is -3.17. The van der Waals surface area contributed by atoms with Gasteiger partial charge in [0.15, 0.2) is 5.82 Å². The summed E-state index contributed by atoms with van der Waals surface area (Å²) in [6, 6.07) is 11.9. The van der Waals surface area contributed by atoms with E-state index in [2.05, 4.69) is 15.5 Å². The van der Waals surface area contributed by atoms with E-state index in [0.29, 0.717) is 36.7 Å². The number of hydrogen-bond donors (Lipinski definition) is 2. The van der Waals surface area contributed by atoms with Crippen LogP contribution in [0.5, 0.6) is 0 Å². The number of aromatic nitrogens is 2. The Morgan fingerprint density at radius 1 is 1.11 bits per heavy atom. The highest BCUT2D eigenvalue weighted by Crippen LogP contribution is 2.42. The Morgan fingerprint density at radius 3 is 2.42 bits per heavy atom. The lowest BCUT2D eigenvalue weighted by Gasteiger charge is -2.41. The van der Waals surface area contributed by atoms with Gasteiger partial charge in [-0.05, 0) is 65.6 Å². The molecule has 1 aromatic carbocycles. The van der Waals surface area contributed by atoms with Crippen molar-refractivity contribution in [2.45, 2.75) is 69.6 Å². The van der Waals surface area contributed by atoms with Crippen LogP contribution in [-0.2, 0) is 15.1 Å². The van der Waals surface area contributed by atoms with Crippen molar-refractivity contribution in [1.82, 2.24) is 15.1 Å². The van der Waals surface area contributed by atoms with Crippen LogP contribution in [0.4, 0.5) is 10.2 Å². The number of anilines is 1. The molecule has 38 heavy (non-hydrogen) atoms. The van der Waals surface area contributed by atoms with Gasteiger partial charge >= 0.3 is 0 Å². The first-order valence-corrected chi connectivity index (χ1v) is 14.1. The van der Waals surface area contributed by atoms with Crippen molar-refractivity contribution in [3.8, 4) is 22.4 Å². The maximum absolute atomic E-state index is 13.4. The molecule has 0 bridgehead atoms. The van der Waals surface area contributed by atoms with Gasteiger partial charge in [0.1, 0.15) is 11.9 Å². The summed E-state index contributed by atoms with van der Waals surface area (Å²) in [5.74, 6) is 0.729. The average molecular weight is 536 g/mol. The molecule has 2 aromatic heterocycles. The van der Waals surface area contributed by atoms with E-state index in [9.17, 15) is 14.0 Å². The summed E-state index contributed by atoms with van der Waals surface area (Å²) in [5.41, 5.74) is 10.2.